The van der Waals surface area contributed by atoms with Crippen LogP contribution in [-0.4, -0.2) is 42.4 Å². The van der Waals surface area contributed by atoms with Crippen LogP contribution in [0, 0.1) is 0 Å². The van der Waals surface area contributed by atoms with Crippen LogP contribution in [0.15, 0.2) is 0 Å². The Morgan fingerprint density at radius 2 is 2.30 bits per heavy atom. The summed E-state index contributed by atoms with van der Waals surface area (Å²) in [6.07, 6.45) is -1.50. The number of fused-ring (bicyclic) bond motifs is 1. The highest BCUT2D eigenvalue weighted by Gasteiger charge is 2.46. The Morgan fingerprint density at radius 1 is 1.50 bits per heavy atom. The van der Waals surface area contributed by atoms with Crippen LogP contribution in [0.25, 0.3) is 0 Å². The molecule has 2 rings (SSSR count). The molecule has 4 heteroatoms. The van der Waals surface area contributed by atoms with Gasteiger partial charge in [-0.1, -0.05) is 0 Å². The molecular weight excluding hydrogens is 136 g/mol. The monoisotopic (exact) mass is 144 g/mol. The van der Waals surface area contributed by atoms with Gasteiger partial charge in [0.15, 0.2) is 5.78 Å². The average Bonchev–Trinajstić information content (AvgIpc) is 2.41. The first kappa shape index (κ1) is 6.27. The van der Waals surface area contributed by atoms with Crippen molar-refractivity contribution >= 4 is 5.78 Å². The molecule has 0 aromatic heterocycles. The third-order valence-electron chi connectivity index (χ3n) is 1.86. The van der Waals surface area contributed by atoms with Gasteiger partial charge in [-0.2, -0.15) is 0 Å². The van der Waals surface area contributed by atoms with E-state index in [1.54, 1.807) is 0 Å². The average molecular weight is 144 g/mol. The summed E-state index contributed by atoms with van der Waals surface area (Å²) in [6, 6.07) is 0. The third-order valence-corrected chi connectivity index (χ3v) is 1.86. The van der Waals surface area contributed by atoms with Crippen molar-refractivity contribution in [2.24, 2.45) is 0 Å². The molecule has 0 aliphatic carbocycles. The minimum Gasteiger partial charge on any atom is -0.388 e. The Hall–Kier alpha value is -0.450. The predicted octanol–water partition coefficient (Wildman–Crippen LogP) is -1.29. The second-order valence-corrected chi connectivity index (χ2v) is 2.56. The van der Waals surface area contributed by atoms with E-state index in [-0.39, 0.29) is 19.0 Å². The largest absolute Gasteiger partial charge is 0.388 e. The highest BCUT2D eigenvalue weighted by atomic mass is 16.6. The van der Waals surface area contributed by atoms with Gasteiger partial charge in [0, 0.05) is 0 Å². The summed E-state index contributed by atoms with van der Waals surface area (Å²) in [6.45, 7) is 0.313. The highest BCUT2D eigenvalue weighted by Crippen LogP contribution is 2.23. The Kier molecular flexibility index (Phi) is 1.26. The fourth-order valence-electron chi connectivity index (χ4n) is 1.33. The summed E-state index contributed by atoms with van der Waals surface area (Å²) in [4.78, 5) is 10.8. The van der Waals surface area contributed by atoms with Gasteiger partial charge in [0.1, 0.15) is 24.9 Å². The smallest absolute Gasteiger partial charge is 0.189 e. The summed E-state index contributed by atoms with van der Waals surface area (Å²) in [7, 11) is 0. The van der Waals surface area contributed by atoms with Crippen molar-refractivity contribution < 1.29 is 19.4 Å². The normalized spacial score (nSPS) is 46.1. The van der Waals surface area contributed by atoms with Gasteiger partial charge in [0.2, 0.25) is 0 Å². The lowest BCUT2D eigenvalue weighted by atomic mass is 10.1. The van der Waals surface area contributed by atoms with Crippen LogP contribution in [0.4, 0.5) is 0 Å². The standard InChI is InChI=1S/C6H8O4/c7-3-1-9-6-4(8)2-10-5(3)6/h3,5-7H,1-2H2/t3-,5-,6-/m1/s1. The number of Topliss-reactive ketones (excluding diaryl/α,β-unsaturated/α-hetero) is 1. The lowest BCUT2D eigenvalue weighted by Gasteiger charge is -2.06. The minimum absolute atomic E-state index is 0.0541. The van der Waals surface area contributed by atoms with Crippen LogP contribution in [0.2, 0.25) is 0 Å². The maximum atomic E-state index is 10.8. The van der Waals surface area contributed by atoms with E-state index >= 15 is 0 Å². The molecule has 0 unspecified atom stereocenters. The number of hydrogen-bond acceptors (Lipinski definition) is 4. The molecule has 0 aromatic rings. The molecule has 56 valence electrons. The molecule has 0 aromatic carbocycles. The van der Waals surface area contributed by atoms with Gasteiger partial charge in [0.05, 0.1) is 6.61 Å². The van der Waals surface area contributed by atoms with E-state index in [0.29, 0.717) is 0 Å². The molecule has 2 aliphatic heterocycles. The van der Waals surface area contributed by atoms with E-state index in [0.717, 1.165) is 0 Å². The molecule has 0 saturated carbocycles. The van der Waals surface area contributed by atoms with Crippen LogP contribution >= 0.6 is 0 Å². The van der Waals surface area contributed by atoms with Crippen molar-refractivity contribution in [3.63, 3.8) is 0 Å². The molecule has 3 atom stereocenters. The summed E-state index contributed by atoms with van der Waals surface area (Å²) >= 11 is 0. The highest BCUT2D eigenvalue weighted by molar-refractivity contribution is 5.87. The van der Waals surface area contributed by atoms with E-state index in [4.69, 9.17) is 14.6 Å². The SMILES string of the molecule is O=C1CO[C@@H]2[C@H](O)CO[C@H]12. The molecule has 4 nitrogen and oxygen atoms in total. The van der Waals surface area contributed by atoms with Crippen LogP contribution in [0.3, 0.4) is 0 Å². The van der Waals surface area contributed by atoms with Gasteiger partial charge in [0.25, 0.3) is 0 Å². The van der Waals surface area contributed by atoms with Crippen molar-refractivity contribution in [2.75, 3.05) is 13.2 Å². The van der Waals surface area contributed by atoms with Crippen molar-refractivity contribution in [3.8, 4) is 0 Å². The van der Waals surface area contributed by atoms with Crippen molar-refractivity contribution in [1.82, 2.24) is 0 Å². The number of ketones is 1. The third kappa shape index (κ3) is 0.697. The van der Waals surface area contributed by atoms with Crippen molar-refractivity contribution in [3.05, 3.63) is 0 Å². The van der Waals surface area contributed by atoms with Crippen LogP contribution < -0.4 is 0 Å². The fourth-order valence-corrected chi connectivity index (χ4v) is 1.33. The van der Waals surface area contributed by atoms with E-state index in [1.807, 2.05) is 0 Å². The number of aliphatic hydroxyl groups is 1. The van der Waals surface area contributed by atoms with Crippen LogP contribution in [0.5, 0.6) is 0 Å². The lowest BCUT2D eigenvalue weighted by molar-refractivity contribution is -0.125. The Morgan fingerprint density at radius 3 is 3.00 bits per heavy atom. The zero-order chi connectivity index (χ0) is 7.14. The molecule has 0 bridgehead atoms. The molecule has 0 radical (unpaired) electrons. The first-order chi connectivity index (χ1) is 4.79. The van der Waals surface area contributed by atoms with Crippen molar-refractivity contribution in [2.45, 2.75) is 18.3 Å². The topological polar surface area (TPSA) is 55.8 Å². The molecule has 2 aliphatic rings. The summed E-state index contributed by atoms with van der Waals surface area (Å²) < 4.78 is 9.95. The van der Waals surface area contributed by atoms with E-state index in [2.05, 4.69) is 0 Å². The number of aliphatic hydroxyl groups excluding tert-OH is 1. The van der Waals surface area contributed by atoms with E-state index < -0.39 is 18.3 Å². The van der Waals surface area contributed by atoms with Gasteiger partial charge >= 0.3 is 0 Å². The van der Waals surface area contributed by atoms with E-state index in [1.165, 1.54) is 0 Å². The summed E-state index contributed by atoms with van der Waals surface area (Å²) in [5.41, 5.74) is 0. The number of carbonyl (C=O) groups is 1. The Balaban J connectivity index is 2.16. The van der Waals surface area contributed by atoms with Gasteiger partial charge in [-0.05, 0) is 0 Å². The van der Waals surface area contributed by atoms with Gasteiger partial charge < -0.3 is 14.6 Å². The molecule has 10 heavy (non-hydrogen) atoms. The maximum Gasteiger partial charge on any atom is 0.189 e. The number of rotatable bonds is 0. The zero-order valence-electron chi connectivity index (χ0n) is 5.32. The zero-order valence-corrected chi connectivity index (χ0v) is 5.32. The maximum absolute atomic E-state index is 10.8. The van der Waals surface area contributed by atoms with Crippen LogP contribution in [0.1, 0.15) is 0 Å². The number of hydrogen-bond donors (Lipinski definition) is 1. The molecule has 2 heterocycles. The van der Waals surface area contributed by atoms with Gasteiger partial charge in [-0.25, -0.2) is 0 Å². The van der Waals surface area contributed by atoms with Gasteiger partial charge in [-0.15, -0.1) is 0 Å². The van der Waals surface area contributed by atoms with Crippen molar-refractivity contribution in [1.29, 1.82) is 0 Å². The molecule has 2 saturated heterocycles. The quantitative estimate of drug-likeness (QED) is 0.459. The molecule has 0 amide bonds. The first-order valence-electron chi connectivity index (χ1n) is 3.23. The van der Waals surface area contributed by atoms with Crippen LogP contribution in [-0.2, 0) is 14.3 Å². The minimum atomic E-state index is -0.614. The molecule has 0 spiro atoms. The Labute approximate surface area is 57.7 Å². The van der Waals surface area contributed by atoms with E-state index in [9.17, 15) is 4.79 Å². The lowest BCUT2D eigenvalue weighted by Crippen LogP contribution is -2.28. The fraction of sp³-hybridized carbons (Fsp3) is 0.833. The summed E-state index contributed by atoms with van der Waals surface area (Å²) in [5, 5.41) is 9.11. The second kappa shape index (κ2) is 2.02. The molecular formula is C6H8O4. The Bertz CT molecular complexity index is 167. The number of ether oxygens (including phenoxy) is 2. The van der Waals surface area contributed by atoms with Gasteiger partial charge in [-0.3, -0.25) is 4.79 Å². The molecule has 2 fully saturated rings. The predicted molar refractivity (Wildman–Crippen MR) is 30.5 cm³/mol. The summed E-state index contributed by atoms with van der Waals surface area (Å²) in [5.74, 6) is -0.0541. The molecule has 1 N–H and O–H groups in total. The first-order valence-corrected chi connectivity index (χ1v) is 3.23. The second-order valence-electron chi connectivity index (χ2n) is 2.56. The number of carbonyl (C=O) groups excluding carboxylic acids is 1.